The number of nitrogens with two attached hydrogens (primary N) is 1. The molecule has 0 aliphatic rings. The highest BCUT2D eigenvalue weighted by Crippen LogP contribution is 2.20. The molecule has 120 valence electrons. The number of hydrogen-bond acceptors (Lipinski definition) is 3. The predicted molar refractivity (Wildman–Crippen MR) is 92.2 cm³/mol. The average Bonchev–Trinajstić information content (AvgIpc) is 2.77. The highest BCUT2D eigenvalue weighted by atomic mass is 35.5. The van der Waals surface area contributed by atoms with Crippen molar-refractivity contribution in [3.05, 3.63) is 41.6 Å². The van der Waals surface area contributed by atoms with Crippen LogP contribution in [0, 0.1) is 5.41 Å². The van der Waals surface area contributed by atoms with Crippen LogP contribution >= 0.6 is 12.4 Å². The number of H-pyrrole nitrogens is 1. The normalized spacial score (nSPS) is 10.9. The second-order valence-corrected chi connectivity index (χ2v) is 6.48. The average molecular weight is 323 g/mol. The van der Waals surface area contributed by atoms with Gasteiger partial charge in [0.1, 0.15) is 0 Å². The standard InChI is InChI=1S/C16H22N4O.ClH/c1-16(2,3)10-13-9-14(20-19-13)18-15(21)8-11-4-6-12(17)7-5-11;/h4-7,9H,8,10,17H2,1-3H3,(H2,18,19,20,21);1H. The van der Waals surface area contributed by atoms with Crippen LogP contribution in [0.2, 0.25) is 0 Å². The second kappa shape index (κ2) is 7.31. The number of halogens is 1. The van der Waals surface area contributed by atoms with E-state index in [4.69, 9.17) is 5.73 Å². The van der Waals surface area contributed by atoms with Crippen LogP contribution in [0.25, 0.3) is 0 Å². The van der Waals surface area contributed by atoms with Crippen molar-refractivity contribution >= 4 is 29.8 Å². The van der Waals surface area contributed by atoms with Gasteiger partial charge in [0.2, 0.25) is 5.91 Å². The molecule has 0 aliphatic heterocycles. The van der Waals surface area contributed by atoms with Crippen LogP contribution in [0.3, 0.4) is 0 Å². The van der Waals surface area contributed by atoms with Gasteiger partial charge < -0.3 is 11.1 Å². The van der Waals surface area contributed by atoms with Gasteiger partial charge in [0.15, 0.2) is 5.82 Å². The Morgan fingerprint density at radius 1 is 1.27 bits per heavy atom. The fraction of sp³-hybridized carbons (Fsp3) is 0.375. The SMILES string of the molecule is CC(C)(C)Cc1cc(NC(=O)Cc2ccc(N)cc2)n[nH]1.Cl. The Morgan fingerprint density at radius 3 is 2.50 bits per heavy atom. The highest BCUT2D eigenvalue weighted by Gasteiger charge is 2.14. The maximum absolute atomic E-state index is 12.0. The third kappa shape index (κ3) is 5.77. The van der Waals surface area contributed by atoms with Crippen LogP contribution in [-0.2, 0) is 17.6 Å². The van der Waals surface area contributed by atoms with Crippen molar-refractivity contribution in [2.75, 3.05) is 11.1 Å². The number of anilines is 2. The molecule has 6 heteroatoms. The molecule has 0 saturated heterocycles. The van der Waals surface area contributed by atoms with Gasteiger partial charge in [-0.25, -0.2) is 0 Å². The molecule has 1 aromatic carbocycles. The Hall–Kier alpha value is -2.01. The third-order valence-electron chi connectivity index (χ3n) is 2.96. The summed E-state index contributed by atoms with van der Waals surface area (Å²) in [5.74, 6) is 0.475. The zero-order valence-corrected chi connectivity index (χ0v) is 14.0. The second-order valence-electron chi connectivity index (χ2n) is 6.48. The first-order valence-corrected chi connectivity index (χ1v) is 7.00. The maximum Gasteiger partial charge on any atom is 0.229 e. The molecule has 0 fully saturated rings. The smallest absolute Gasteiger partial charge is 0.229 e. The summed E-state index contributed by atoms with van der Waals surface area (Å²) in [4.78, 5) is 12.0. The zero-order chi connectivity index (χ0) is 15.5. The van der Waals surface area contributed by atoms with Gasteiger partial charge in [-0.05, 0) is 29.5 Å². The molecule has 1 heterocycles. The van der Waals surface area contributed by atoms with Gasteiger partial charge in [-0.1, -0.05) is 32.9 Å². The van der Waals surface area contributed by atoms with Crippen molar-refractivity contribution in [3.63, 3.8) is 0 Å². The first-order valence-electron chi connectivity index (χ1n) is 7.00. The van der Waals surface area contributed by atoms with Crippen LogP contribution in [0.5, 0.6) is 0 Å². The molecule has 0 atom stereocenters. The molecule has 4 N–H and O–H groups in total. The summed E-state index contributed by atoms with van der Waals surface area (Å²) >= 11 is 0. The number of amides is 1. The van der Waals surface area contributed by atoms with E-state index < -0.39 is 0 Å². The lowest BCUT2D eigenvalue weighted by Gasteiger charge is -2.15. The number of benzene rings is 1. The Balaban J connectivity index is 0.00000242. The van der Waals surface area contributed by atoms with Crippen molar-refractivity contribution in [1.29, 1.82) is 0 Å². The van der Waals surface area contributed by atoms with E-state index in [2.05, 4.69) is 36.3 Å². The molecule has 1 amide bonds. The third-order valence-corrected chi connectivity index (χ3v) is 2.96. The van der Waals surface area contributed by atoms with E-state index in [0.717, 1.165) is 17.7 Å². The topological polar surface area (TPSA) is 83.8 Å². The Labute approximate surface area is 137 Å². The number of nitrogens with zero attached hydrogens (tertiary/aromatic N) is 1. The van der Waals surface area contributed by atoms with E-state index in [1.54, 1.807) is 12.1 Å². The van der Waals surface area contributed by atoms with Crippen LogP contribution < -0.4 is 11.1 Å². The van der Waals surface area contributed by atoms with Gasteiger partial charge >= 0.3 is 0 Å². The minimum absolute atomic E-state index is 0. The molecule has 1 aromatic heterocycles. The minimum Gasteiger partial charge on any atom is -0.399 e. The monoisotopic (exact) mass is 322 g/mol. The molecule has 0 unspecified atom stereocenters. The van der Waals surface area contributed by atoms with Crippen molar-refractivity contribution < 1.29 is 4.79 Å². The number of nitrogens with one attached hydrogen (secondary N) is 2. The number of aromatic amines is 1. The van der Waals surface area contributed by atoms with Crippen LogP contribution in [0.15, 0.2) is 30.3 Å². The van der Waals surface area contributed by atoms with Crippen molar-refractivity contribution in [2.24, 2.45) is 5.41 Å². The van der Waals surface area contributed by atoms with Crippen molar-refractivity contribution in [3.8, 4) is 0 Å². The summed E-state index contributed by atoms with van der Waals surface area (Å²) in [6.07, 6.45) is 1.19. The van der Waals surface area contributed by atoms with Crippen LogP contribution in [0.1, 0.15) is 32.0 Å². The van der Waals surface area contributed by atoms with Crippen LogP contribution in [-0.4, -0.2) is 16.1 Å². The lowest BCUT2D eigenvalue weighted by atomic mass is 9.91. The number of hydrogen-bond donors (Lipinski definition) is 3. The summed E-state index contributed by atoms with van der Waals surface area (Å²) in [6, 6.07) is 9.16. The molecular formula is C16H23ClN4O. The maximum atomic E-state index is 12.0. The van der Waals surface area contributed by atoms with Gasteiger partial charge in [0, 0.05) is 17.4 Å². The summed E-state index contributed by atoms with van der Waals surface area (Å²) < 4.78 is 0. The Morgan fingerprint density at radius 2 is 1.91 bits per heavy atom. The van der Waals surface area contributed by atoms with E-state index >= 15 is 0 Å². The van der Waals surface area contributed by atoms with Crippen molar-refractivity contribution in [2.45, 2.75) is 33.6 Å². The predicted octanol–water partition coefficient (Wildman–Crippen LogP) is 3.18. The lowest BCUT2D eigenvalue weighted by Crippen LogP contribution is -2.14. The summed E-state index contributed by atoms with van der Waals surface area (Å²) in [5, 5.41) is 9.88. The molecule has 5 nitrogen and oxygen atoms in total. The van der Waals surface area contributed by atoms with Gasteiger partial charge in [0.05, 0.1) is 6.42 Å². The van der Waals surface area contributed by atoms with Crippen molar-refractivity contribution in [1.82, 2.24) is 10.2 Å². The molecule has 2 aromatic rings. The van der Waals surface area contributed by atoms with E-state index in [9.17, 15) is 4.79 Å². The molecular weight excluding hydrogens is 300 g/mol. The largest absolute Gasteiger partial charge is 0.399 e. The fourth-order valence-corrected chi connectivity index (χ4v) is 2.10. The van der Waals surface area contributed by atoms with E-state index in [1.807, 2.05) is 18.2 Å². The van der Waals surface area contributed by atoms with E-state index in [0.29, 0.717) is 17.9 Å². The number of carbonyl (C=O) groups excluding carboxylic acids is 1. The molecule has 2 rings (SSSR count). The minimum atomic E-state index is -0.0893. The Bertz CT molecular complexity index is 614. The molecule has 0 spiro atoms. The summed E-state index contributed by atoms with van der Waals surface area (Å²) in [5.41, 5.74) is 8.43. The number of rotatable bonds is 4. The first kappa shape index (κ1) is 18.0. The summed E-state index contributed by atoms with van der Waals surface area (Å²) in [7, 11) is 0. The first-order chi connectivity index (χ1) is 9.82. The Kier molecular flexibility index (Phi) is 6.00. The van der Waals surface area contributed by atoms with E-state index in [1.165, 1.54) is 0 Å². The quantitative estimate of drug-likeness (QED) is 0.756. The summed E-state index contributed by atoms with van der Waals surface area (Å²) in [6.45, 7) is 6.48. The number of nitrogen functional groups attached to an aromatic ring is 1. The van der Waals surface area contributed by atoms with E-state index in [-0.39, 0.29) is 23.7 Å². The number of aromatic nitrogens is 2. The molecule has 0 bridgehead atoms. The van der Waals surface area contributed by atoms with Crippen LogP contribution in [0.4, 0.5) is 11.5 Å². The molecule has 0 radical (unpaired) electrons. The van der Waals surface area contributed by atoms with Gasteiger partial charge in [0.25, 0.3) is 0 Å². The van der Waals surface area contributed by atoms with Gasteiger partial charge in [-0.15, -0.1) is 12.4 Å². The van der Waals surface area contributed by atoms with Gasteiger partial charge in [-0.2, -0.15) is 5.10 Å². The molecule has 0 aliphatic carbocycles. The molecule has 0 saturated carbocycles. The zero-order valence-electron chi connectivity index (χ0n) is 13.1. The molecule has 22 heavy (non-hydrogen) atoms. The fourth-order valence-electron chi connectivity index (χ4n) is 2.10. The lowest BCUT2D eigenvalue weighted by molar-refractivity contribution is -0.115. The highest BCUT2D eigenvalue weighted by molar-refractivity contribution is 5.91. The number of carbonyl (C=O) groups is 1. The van der Waals surface area contributed by atoms with Gasteiger partial charge in [-0.3, -0.25) is 9.89 Å².